The summed E-state index contributed by atoms with van der Waals surface area (Å²) in [6.45, 7) is 2.40. The number of non-ortho nitro benzene ring substituents is 1. The van der Waals surface area contributed by atoms with Crippen molar-refractivity contribution in [2.45, 2.75) is 19.5 Å². The predicted octanol–water partition coefficient (Wildman–Crippen LogP) is 1.66. The zero-order valence-corrected chi connectivity index (χ0v) is 17.1. The van der Waals surface area contributed by atoms with Gasteiger partial charge in [-0.2, -0.15) is 0 Å². The molecule has 1 unspecified atom stereocenters. The van der Waals surface area contributed by atoms with E-state index in [0.29, 0.717) is 23.7 Å². The van der Waals surface area contributed by atoms with Crippen LogP contribution in [-0.4, -0.2) is 45.2 Å². The maximum absolute atomic E-state index is 12.7. The summed E-state index contributed by atoms with van der Waals surface area (Å²) in [5.74, 6) is 1.28. The lowest BCUT2D eigenvalue weighted by molar-refractivity contribution is -0.907. The van der Waals surface area contributed by atoms with Crippen molar-refractivity contribution in [1.29, 1.82) is 0 Å². The Balaban J connectivity index is 2.09. The number of benzene rings is 2. The summed E-state index contributed by atoms with van der Waals surface area (Å²) >= 11 is 0. The van der Waals surface area contributed by atoms with E-state index in [1.54, 1.807) is 14.2 Å². The van der Waals surface area contributed by atoms with Gasteiger partial charge in [0.2, 0.25) is 0 Å². The molecular formula is C20H26N3O6+. The molecule has 0 aliphatic heterocycles. The van der Waals surface area contributed by atoms with Crippen LogP contribution in [0.4, 0.5) is 11.4 Å². The molecule has 2 N–H and O–H groups in total. The molecule has 156 valence electrons. The van der Waals surface area contributed by atoms with Gasteiger partial charge in [-0.05, 0) is 31.2 Å². The number of rotatable bonds is 9. The van der Waals surface area contributed by atoms with Crippen molar-refractivity contribution < 1.29 is 28.8 Å². The van der Waals surface area contributed by atoms with Crippen molar-refractivity contribution in [3.8, 4) is 17.2 Å². The molecule has 29 heavy (non-hydrogen) atoms. The quantitative estimate of drug-likeness (QED) is 0.487. The number of likely N-dealkylation sites (N-methyl/N-ethyl adjacent to an activating group) is 1. The van der Waals surface area contributed by atoms with E-state index in [1.807, 2.05) is 32.2 Å². The fraction of sp³-hybridized carbons (Fsp3) is 0.350. The van der Waals surface area contributed by atoms with E-state index in [0.717, 1.165) is 10.5 Å². The minimum absolute atomic E-state index is 0.107. The van der Waals surface area contributed by atoms with Gasteiger partial charge in [0, 0.05) is 11.6 Å². The Morgan fingerprint density at radius 1 is 1.07 bits per heavy atom. The van der Waals surface area contributed by atoms with E-state index in [9.17, 15) is 14.9 Å². The molecule has 0 heterocycles. The van der Waals surface area contributed by atoms with Gasteiger partial charge >= 0.3 is 0 Å². The third-order valence-electron chi connectivity index (χ3n) is 4.72. The first-order valence-corrected chi connectivity index (χ1v) is 8.97. The third-order valence-corrected chi connectivity index (χ3v) is 4.72. The van der Waals surface area contributed by atoms with Crippen molar-refractivity contribution in [3.63, 3.8) is 0 Å². The van der Waals surface area contributed by atoms with E-state index in [2.05, 4.69) is 5.32 Å². The summed E-state index contributed by atoms with van der Waals surface area (Å²) in [6.07, 6.45) is 0. The molecular weight excluding hydrogens is 378 g/mol. The number of nitrogens with zero attached hydrogens (tertiary/aromatic N) is 1. The van der Waals surface area contributed by atoms with Crippen LogP contribution in [0.15, 0.2) is 36.4 Å². The predicted molar refractivity (Wildman–Crippen MR) is 108 cm³/mol. The first-order chi connectivity index (χ1) is 13.8. The number of methoxy groups -OCH3 is 3. The molecule has 0 aromatic heterocycles. The highest BCUT2D eigenvalue weighted by Gasteiger charge is 2.24. The molecule has 2 atom stereocenters. The molecule has 0 saturated heterocycles. The molecule has 0 radical (unpaired) electrons. The Hall–Kier alpha value is -3.33. The van der Waals surface area contributed by atoms with Gasteiger partial charge in [-0.3, -0.25) is 14.9 Å². The van der Waals surface area contributed by atoms with Crippen molar-refractivity contribution in [2.24, 2.45) is 0 Å². The molecule has 9 nitrogen and oxygen atoms in total. The SMILES string of the molecule is COc1cc([N+](=O)[O-])ccc1NC(=O)[C@H](C)[NH+](C)Cc1ccc(OC)c(OC)c1. The average molecular weight is 404 g/mol. The first kappa shape index (κ1) is 22.0. The summed E-state index contributed by atoms with van der Waals surface area (Å²) < 4.78 is 15.7. The number of quaternary nitrogens is 1. The normalized spacial score (nSPS) is 12.6. The second-order valence-electron chi connectivity index (χ2n) is 6.57. The van der Waals surface area contributed by atoms with Crippen LogP contribution >= 0.6 is 0 Å². The molecule has 9 heteroatoms. The van der Waals surface area contributed by atoms with Crippen LogP contribution < -0.4 is 24.4 Å². The van der Waals surface area contributed by atoms with Crippen LogP contribution in [0.25, 0.3) is 0 Å². The second-order valence-corrected chi connectivity index (χ2v) is 6.57. The Bertz CT molecular complexity index is 887. The summed E-state index contributed by atoms with van der Waals surface area (Å²) in [5, 5.41) is 13.7. The van der Waals surface area contributed by atoms with Gasteiger partial charge in [0.05, 0.1) is 45.1 Å². The number of nitro benzene ring substituents is 1. The highest BCUT2D eigenvalue weighted by Crippen LogP contribution is 2.29. The highest BCUT2D eigenvalue weighted by atomic mass is 16.6. The van der Waals surface area contributed by atoms with Gasteiger partial charge in [-0.1, -0.05) is 0 Å². The largest absolute Gasteiger partial charge is 0.494 e. The standard InChI is InChI=1S/C20H25N3O6/c1-13(22(2)12-14-6-9-17(27-3)19(10-14)29-5)20(24)21-16-8-7-15(23(25)26)11-18(16)28-4/h6-11,13H,12H2,1-5H3,(H,21,24)/p+1/t13-/m0/s1. The molecule has 0 saturated carbocycles. The topological polar surface area (TPSA) is 104 Å². The number of ether oxygens (including phenoxy) is 3. The number of amides is 1. The lowest BCUT2D eigenvalue weighted by atomic mass is 10.1. The molecule has 0 spiro atoms. The minimum atomic E-state index is -0.516. The van der Waals surface area contributed by atoms with E-state index in [4.69, 9.17) is 14.2 Å². The number of nitro groups is 1. The van der Waals surface area contributed by atoms with E-state index < -0.39 is 4.92 Å². The minimum Gasteiger partial charge on any atom is -0.494 e. The van der Waals surface area contributed by atoms with E-state index in [-0.39, 0.29) is 23.4 Å². The number of anilines is 1. The van der Waals surface area contributed by atoms with Crippen molar-refractivity contribution in [2.75, 3.05) is 33.7 Å². The smallest absolute Gasteiger partial charge is 0.282 e. The van der Waals surface area contributed by atoms with Crippen molar-refractivity contribution >= 4 is 17.3 Å². The summed E-state index contributed by atoms with van der Waals surface area (Å²) in [7, 11) is 6.46. The molecule has 2 aromatic carbocycles. The molecule has 2 rings (SSSR count). The van der Waals surface area contributed by atoms with Crippen molar-refractivity contribution in [1.82, 2.24) is 0 Å². The van der Waals surface area contributed by atoms with Crippen LogP contribution in [0.5, 0.6) is 17.2 Å². The Kier molecular flexibility index (Phi) is 7.38. The fourth-order valence-corrected chi connectivity index (χ4v) is 2.83. The number of carbonyl (C=O) groups excluding carboxylic acids is 1. The number of hydrogen-bond donors (Lipinski definition) is 2. The lowest BCUT2D eigenvalue weighted by Crippen LogP contribution is -3.12. The molecule has 0 bridgehead atoms. The van der Waals surface area contributed by atoms with Crippen LogP contribution in [0.2, 0.25) is 0 Å². The monoisotopic (exact) mass is 404 g/mol. The summed E-state index contributed by atoms with van der Waals surface area (Å²) in [6, 6.07) is 9.31. The molecule has 0 aliphatic rings. The Labute approximate surface area is 169 Å². The number of hydrogen-bond acceptors (Lipinski definition) is 6. The maximum Gasteiger partial charge on any atom is 0.282 e. The molecule has 0 fully saturated rings. The molecule has 0 aliphatic carbocycles. The lowest BCUT2D eigenvalue weighted by Gasteiger charge is -2.22. The van der Waals surface area contributed by atoms with Gasteiger partial charge in [0.15, 0.2) is 17.5 Å². The van der Waals surface area contributed by atoms with Crippen molar-refractivity contribution in [3.05, 3.63) is 52.1 Å². The fourth-order valence-electron chi connectivity index (χ4n) is 2.83. The van der Waals surface area contributed by atoms with E-state index >= 15 is 0 Å². The van der Waals surface area contributed by atoms with E-state index in [1.165, 1.54) is 25.3 Å². The Morgan fingerprint density at radius 2 is 1.72 bits per heavy atom. The molecule has 2 aromatic rings. The Morgan fingerprint density at radius 3 is 2.31 bits per heavy atom. The van der Waals surface area contributed by atoms with Gasteiger partial charge < -0.3 is 24.4 Å². The van der Waals surface area contributed by atoms with Gasteiger partial charge in [-0.15, -0.1) is 0 Å². The van der Waals surface area contributed by atoms with Crippen LogP contribution in [0.3, 0.4) is 0 Å². The highest BCUT2D eigenvalue weighted by molar-refractivity contribution is 5.95. The second kappa shape index (κ2) is 9.74. The van der Waals surface area contributed by atoms with Crippen LogP contribution in [0.1, 0.15) is 12.5 Å². The van der Waals surface area contributed by atoms with Crippen LogP contribution in [-0.2, 0) is 11.3 Å². The molecule has 1 amide bonds. The number of carbonyl (C=O) groups is 1. The third kappa shape index (κ3) is 5.35. The summed E-state index contributed by atoms with van der Waals surface area (Å²) in [5.41, 5.74) is 1.27. The van der Waals surface area contributed by atoms with Crippen LogP contribution in [0, 0.1) is 10.1 Å². The van der Waals surface area contributed by atoms with Gasteiger partial charge in [0.1, 0.15) is 12.3 Å². The zero-order valence-electron chi connectivity index (χ0n) is 17.1. The average Bonchev–Trinajstić information content (AvgIpc) is 2.72. The number of nitrogens with one attached hydrogen (secondary N) is 2. The maximum atomic E-state index is 12.7. The summed E-state index contributed by atoms with van der Waals surface area (Å²) in [4.78, 5) is 24.0. The van der Waals surface area contributed by atoms with Gasteiger partial charge in [0.25, 0.3) is 11.6 Å². The van der Waals surface area contributed by atoms with Gasteiger partial charge in [-0.25, -0.2) is 0 Å². The first-order valence-electron chi connectivity index (χ1n) is 8.97. The zero-order chi connectivity index (χ0) is 21.6.